The zero-order chi connectivity index (χ0) is 24.1. The highest BCUT2D eigenvalue weighted by atomic mass is 32.2. The third-order valence-electron chi connectivity index (χ3n) is 5.72. The van der Waals surface area contributed by atoms with Crippen molar-refractivity contribution in [3.05, 3.63) is 95.2 Å². The van der Waals surface area contributed by atoms with Gasteiger partial charge in [0.1, 0.15) is 22.0 Å². The first-order chi connectivity index (χ1) is 16.4. The summed E-state index contributed by atoms with van der Waals surface area (Å²) in [5.74, 6) is -0.171. The number of carboxylic acid groups (broad SMARTS) is 1. The van der Waals surface area contributed by atoms with Crippen molar-refractivity contribution in [2.75, 3.05) is 0 Å². The van der Waals surface area contributed by atoms with Crippen LogP contribution < -0.4 is 4.18 Å². The lowest BCUT2D eigenvalue weighted by atomic mass is 10.00. The maximum Gasteiger partial charge on any atom is 0.340 e. The van der Waals surface area contributed by atoms with Crippen LogP contribution in [0.15, 0.2) is 82.1 Å². The summed E-state index contributed by atoms with van der Waals surface area (Å²) >= 11 is 0. The lowest BCUT2D eigenvalue weighted by Crippen LogP contribution is -2.14. The van der Waals surface area contributed by atoms with Crippen molar-refractivity contribution in [3.8, 4) is 5.75 Å². The molecule has 34 heavy (non-hydrogen) atoms. The molecule has 4 rings (SSSR count). The number of hydrogen-bond acceptors (Lipinski definition) is 5. The lowest BCUT2D eigenvalue weighted by Gasteiger charge is -2.10. The number of hydrogen-bond donors (Lipinski definition) is 1. The summed E-state index contributed by atoms with van der Waals surface area (Å²) in [6.07, 6.45) is 4.64. The number of carbonyl (C=O) groups is 1. The smallest absolute Gasteiger partial charge is 0.340 e. The van der Waals surface area contributed by atoms with Crippen molar-refractivity contribution >= 4 is 27.1 Å². The van der Waals surface area contributed by atoms with Crippen LogP contribution in [0.4, 0.5) is 0 Å². The third-order valence-corrected chi connectivity index (χ3v) is 7.03. The fraction of sp³-hybridized carbons (Fsp3) is 0.222. The van der Waals surface area contributed by atoms with Gasteiger partial charge in [0, 0.05) is 17.4 Å². The summed E-state index contributed by atoms with van der Waals surface area (Å²) < 4.78 is 36.6. The van der Waals surface area contributed by atoms with E-state index in [4.69, 9.17) is 8.60 Å². The molecule has 0 saturated carbocycles. The molecule has 1 heterocycles. The van der Waals surface area contributed by atoms with Crippen molar-refractivity contribution in [3.63, 3.8) is 0 Å². The van der Waals surface area contributed by atoms with Gasteiger partial charge in [0.15, 0.2) is 0 Å². The topological polar surface area (TPSA) is 93.8 Å². The van der Waals surface area contributed by atoms with Crippen LogP contribution in [-0.4, -0.2) is 19.5 Å². The van der Waals surface area contributed by atoms with E-state index < -0.39 is 16.1 Å². The molecule has 0 fully saturated rings. The van der Waals surface area contributed by atoms with Crippen LogP contribution >= 0.6 is 0 Å². The fourth-order valence-electron chi connectivity index (χ4n) is 3.98. The first kappa shape index (κ1) is 23.6. The number of unbranched alkanes of at least 4 members (excludes halogenated alkanes) is 1. The van der Waals surface area contributed by atoms with Gasteiger partial charge >= 0.3 is 16.1 Å². The van der Waals surface area contributed by atoms with E-state index in [1.165, 1.54) is 29.8 Å². The van der Waals surface area contributed by atoms with Crippen LogP contribution in [0.25, 0.3) is 11.0 Å². The largest absolute Gasteiger partial charge is 0.478 e. The number of carboxylic acids is 1. The predicted octanol–water partition coefficient (Wildman–Crippen LogP) is 6.03. The Kier molecular flexibility index (Phi) is 7.03. The molecule has 7 heteroatoms. The zero-order valence-corrected chi connectivity index (χ0v) is 19.7. The van der Waals surface area contributed by atoms with E-state index >= 15 is 0 Å². The van der Waals surface area contributed by atoms with Gasteiger partial charge < -0.3 is 13.7 Å². The summed E-state index contributed by atoms with van der Waals surface area (Å²) in [5, 5.41) is 10.4. The van der Waals surface area contributed by atoms with Crippen LogP contribution in [0.5, 0.6) is 5.75 Å². The number of furan rings is 1. The predicted molar refractivity (Wildman–Crippen MR) is 130 cm³/mol. The summed E-state index contributed by atoms with van der Waals surface area (Å²) in [6.45, 7) is 2.16. The van der Waals surface area contributed by atoms with Crippen molar-refractivity contribution in [2.24, 2.45) is 0 Å². The molecule has 0 aliphatic carbocycles. The minimum atomic E-state index is -4.28. The monoisotopic (exact) mass is 478 g/mol. The van der Waals surface area contributed by atoms with E-state index in [2.05, 4.69) is 13.0 Å². The minimum Gasteiger partial charge on any atom is -0.478 e. The van der Waals surface area contributed by atoms with Gasteiger partial charge in [-0.1, -0.05) is 55.8 Å². The second-order valence-corrected chi connectivity index (χ2v) is 9.60. The van der Waals surface area contributed by atoms with E-state index in [1.54, 1.807) is 12.1 Å². The average molecular weight is 479 g/mol. The lowest BCUT2D eigenvalue weighted by molar-refractivity contribution is 0.0692. The maximum atomic E-state index is 12.6. The molecule has 0 bridgehead atoms. The van der Waals surface area contributed by atoms with E-state index in [1.807, 2.05) is 30.3 Å². The van der Waals surface area contributed by atoms with Gasteiger partial charge in [0.2, 0.25) is 0 Å². The third kappa shape index (κ3) is 5.15. The van der Waals surface area contributed by atoms with Crippen LogP contribution in [0.1, 0.15) is 47.0 Å². The molecule has 6 nitrogen and oxygen atoms in total. The number of rotatable bonds is 10. The minimum absolute atomic E-state index is 0.126. The van der Waals surface area contributed by atoms with Crippen molar-refractivity contribution in [1.29, 1.82) is 0 Å². The molecular formula is C27H26O6S. The van der Waals surface area contributed by atoms with Gasteiger partial charge in [0.25, 0.3) is 0 Å². The molecule has 0 spiro atoms. The van der Waals surface area contributed by atoms with Crippen LogP contribution in [-0.2, 0) is 29.4 Å². The second kappa shape index (κ2) is 10.1. The molecule has 0 aliphatic heterocycles. The number of para-hydroxylation sites is 1. The molecule has 176 valence electrons. The van der Waals surface area contributed by atoms with Crippen molar-refractivity contribution < 1.29 is 26.9 Å². The van der Waals surface area contributed by atoms with Crippen molar-refractivity contribution in [1.82, 2.24) is 0 Å². The normalized spacial score (nSPS) is 11.6. The Labute approximate surface area is 198 Å². The zero-order valence-electron chi connectivity index (χ0n) is 18.9. The molecule has 0 unspecified atom stereocenters. The van der Waals surface area contributed by atoms with Gasteiger partial charge in [0.05, 0.1) is 5.56 Å². The van der Waals surface area contributed by atoms with E-state index in [9.17, 15) is 18.3 Å². The van der Waals surface area contributed by atoms with E-state index in [-0.39, 0.29) is 16.2 Å². The van der Waals surface area contributed by atoms with Gasteiger partial charge in [-0.15, -0.1) is 0 Å². The van der Waals surface area contributed by atoms with Crippen LogP contribution in [0, 0.1) is 0 Å². The SMILES string of the molecule is CCCCc1oc2ccccc2c1CCc1ccc(OS(=O)(=O)c2ccccc2C(=O)O)cc1. The van der Waals surface area contributed by atoms with Crippen molar-refractivity contribution in [2.45, 2.75) is 43.9 Å². The van der Waals surface area contributed by atoms with Crippen LogP contribution in [0.3, 0.4) is 0 Å². The molecule has 1 aromatic heterocycles. The number of aromatic carboxylic acids is 1. The first-order valence-electron chi connectivity index (χ1n) is 11.2. The standard InChI is InChI=1S/C27H26O6S/c1-2-3-10-24-22(21-8-4-6-11-25(21)32-24)18-15-19-13-16-20(17-14-19)33-34(30,31)26-12-7-5-9-23(26)27(28)29/h4-9,11-14,16-17H,2-3,10,15,18H2,1H3,(H,28,29). The summed E-state index contributed by atoms with van der Waals surface area (Å²) in [5.41, 5.74) is 2.82. The average Bonchev–Trinajstić information content (AvgIpc) is 3.19. The summed E-state index contributed by atoms with van der Waals surface area (Å²) in [4.78, 5) is 11.0. The Hall–Kier alpha value is -3.58. The van der Waals surface area contributed by atoms with Gasteiger partial charge in [-0.05, 0) is 55.2 Å². The Morgan fingerprint density at radius 2 is 1.62 bits per heavy atom. The molecule has 0 amide bonds. The maximum absolute atomic E-state index is 12.6. The second-order valence-electron chi connectivity index (χ2n) is 8.09. The molecule has 3 aromatic carbocycles. The molecule has 0 atom stereocenters. The molecular weight excluding hydrogens is 452 g/mol. The number of benzene rings is 3. The Balaban J connectivity index is 1.49. The quantitative estimate of drug-likeness (QED) is 0.280. The van der Waals surface area contributed by atoms with Crippen LogP contribution in [0.2, 0.25) is 0 Å². The Morgan fingerprint density at radius 1 is 0.912 bits per heavy atom. The molecule has 1 N–H and O–H groups in total. The molecule has 0 saturated heterocycles. The fourth-order valence-corrected chi connectivity index (χ4v) is 5.10. The highest BCUT2D eigenvalue weighted by Gasteiger charge is 2.24. The number of aryl methyl sites for hydroxylation is 3. The first-order valence-corrected chi connectivity index (χ1v) is 12.6. The molecule has 0 radical (unpaired) electrons. The van der Waals surface area contributed by atoms with E-state index in [0.717, 1.165) is 54.4 Å². The van der Waals surface area contributed by atoms with E-state index in [0.29, 0.717) is 0 Å². The molecule has 4 aromatic rings. The summed E-state index contributed by atoms with van der Waals surface area (Å²) in [7, 11) is -4.28. The Morgan fingerprint density at radius 3 is 2.35 bits per heavy atom. The number of fused-ring (bicyclic) bond motifs is 1. The highest BCUT2D eigenvalue weighted by Crippen LogP contribution is 2.29. The van der Waals surface area contributed by atoms with Gasteiger partial charge in [-0.3, -0.25) is 0 Å². The summed E-state index contributed by atoms with van der Waals surface area (Å²) in [6, 6.07) is 20.3. The highest BCUT2D eigenvalue weighted by molar-refractivity contribution is 7.87. The van der Waals surface area contributed by atoms with Gasteiger partial charge in [-0.2, -0.15) is 8.42 Å². The van der Waals surface area contributed by atoms with Gasteiger partial charge in [-0.25, -0.2) is 4.79 Å². The molecule has 0 aliphatic rings. The Bertz CT molecular complexity index is 1400.